The summed E-state index contributed by atoms with van der Waals surface area (Å²) >= 11 is 0. The number of nitrogens with zero attached hydrogens (tertiary/aromatic N) is 1. The molecule has 0 unspecified atom stereocenters. The topological polar surface area (TPSA) is 115 Å². The van der Waals surface area contributed by atoms with Crippen LogP contribution in [0.5, 0.6) is 5.75 Å². The smallest absolute Gasteiger partial charge is 0.354 e. The maximum absolute atomic E-state index is 13.7. The Labute approximate surface area is 228 Å². The number of hydrogen-bond acceptors (Lipinski definition) is 6. The van der Waals surface area contributed by atoms with Crippen LogP contribution in [0.2, 0.25) is 0 Å². The number of benzene rings is 1. The first kappa shape index (κ1) is 26.7. The van der Waals surface area contributed by atoms with Gasteiger partial charge in [0.15, 0.2) is 11.5 Å². The monoisotopic (exact) mass is 530 g/mol. The second kappa shape index (κ2) is 9.07. The summed E-state index contributed by atoms with van der Waals surface area (Å²) in [5, 5.41) is 12.7. The number of aromatic carboxylic acids is 1. The van der Waals surface area contributed by atoms with Crippen LogP contribution in [0.25, 0.3) is 11.3 Å². The molecule has 1 aromatic heterocycles. The first-order chi connectivity index (χ1) is 18.2. The fourth-order valence-electron chi connectivity index (χ4n) is 6.11. The Balaban J connectivity index is 1.79. The average Bonchev–Trinajstić information content (AvgIpc) is 2.81. The van der Waals surface area contributed by atoms with Crippen molar-refractivity contribution in [2.75, 3.05) is 7.11 Å². The number of hydrogen-bond donors (Lipinski definition) is 2. The molecule has 2 N–H and O–H groups in total. The van der Waals surface area contributed by atoms with Crippen molar-refractivity contribution in [1.82, 2.24) is 10.3 Å². The van der Waals surface area contributed by atoms with Crippen molar-refractivity contribution in [3.05, 3.63) is 69.3 Å². The highest BCUT2D eigenvalue weighted by Gasteiger charge is 2.49. The SMILES string of the molecule is COc1ccc(-c2ccc(C)c(C(=O)O)n2)c(C)c1[C@H]1C2=C(CC(C)(C)CC2=O)OC2=C1C(=O)NC(C)(C)C2. The number of carboxylic acid groups (broad SMARTS) is 1. The van der Waals surface area contributed by atoms with Gasteiger partial charge in [-0.15, -0.1) is 0 Å². The molecule has 0 fully saturated rings. The zero-order valence-electron chi connectivity index (χ0n) is 23.4. The molecule has 5 rings (SSSR count). The van der Waals surface area contributed by atoms with Crippen LogP contribution in [0.3, 0.4) is 0 Å². The van der Waals surface area contributed by atoms with Crippen LogP contribution in [-0.4, -0.2) is 40.4 Å². The minimum atomic E-state index is -1.10. The third-order valence-corrected chi connectivity index (χ3v) is 7.86. The molecule has 1 aromatic carbocycles. The number of rotatable bonds is 4. The molecular formula is C31H34N2O6. The molecule has 3 aliphatic rings. The third-order valence-electron chi connectivity index (χ3n) is 7.86. The number of pyridine rings is 1. The number of ketones is 1. The van der Waals surface area contributed by atoms with Gasteiger partial charge in [-0.1, -0.05) is 19.9 Å². The van der Waals surface area contributed by atoms with E-state index in [0.29, 0.717) is 70.1 Å². The maximum atomic E-state index is 13.7. The average molecular weight is 531 g/mol. The summed E-state index contributed by atoms with van der Waals surface area (Å²) in [4.78, 5) is 43.7. The number of carboxylic acids is 1. The lowest BCUT2D eigenvalue weighted by Gasteiger charge is -2.43. The van der Waals surface area contributed by atoms with Crippen LogP contribution in [0, 0.1) is 19.3 Å². The number of methoxy groups -OCH3 is 1. The van der Waals surface area contributed by atoms with E-state index >= 15 is 0 Å². The Kier molecular flexibility index (Phi) is 6.20. The van der Waals surface area contributed by atoms with Crippen molar-refractivity contribution >= 4 is 17.7 Å². The fraction of sp³-hybridized carbons (Fsp3) is 0.419. The standard InChI is InChI=1S/C31H34N2O6/c1-15-8-10-18(32-27(15)29(36)37)17-9-11-20(38-7)23(16(17)2)26-24-19(34)12-30(3,4)13-21(24)39-22-14-31(5,6)33-28(35)25(22)26/h8-11,26H,12-14H2,1-7H3,(H,33,35)(H,36,37)/t26-/m0/s1. The quantitative estimate of drug-likeness (QED) is 0.545. The largest absolute Gasteiger partial charge is 0.496 e. The Morgan fingerprint density at radius 3 is 2.38 bits per heavy atom. The number of allylic oxidation sites excluding steroid dienone is 2. The second-order valence-corrected chi connectivity index (χ2v) is 12.2. The van der Waals surface area contributed by atoms with Crippen LogP contribution in [-0.2, 0) is 14.3 Å². The number of ether oxygens (including phenoxy) is 2. The Morgan fingerprint density at radius 2 is 1.72 bits per heavy atom. The lowest BCUT2D eigenvalue weighted by atomic mass is 9.67. The van der Waals surface area contributed by atoms with Crippen molar-refractivity contribution in [2.24, 2.45) is 5.41 Å². The number of nitrogens with one attached hydrogen (secondary N) is 1. The van der Waals surface area contributed by atoms with Gasteiger partial charge in [0.1, 0.15) is 17.3 Å². The van der Waals surface area contributed by atoms with Crippen molar-refractivity contribution in [1.29, 1.82) is 0 Å². The Bertz CT molecular complexity index is 1460. The first-order valence-electron chi connectivity index (χ1n) is 13.1. The third kappa shape index (κ3) is 4.51. The number of amides is 1. The van der Waals surface area contributed by atoms with Crippen molar-refractivity contribution in [3.63, 3.8) is 0 Å². The molecule has 39 heavy (non-hydrogen) atoms. The molecule has 1 aliphatic carbocycles. The van der Waals surface area contributed by atoms with Crippen molar-refractivity contribution in [2.45, 2.75) is 72.3 Å². The molecule has 1 atom stereocenters. The van der Waals surface area contributed by atoms with Gasteiger partial charge in [0.25, 0.3) is 5.91 Å². The van der Waals surface area contributed by atoms with Gasteiger partial charge >= 0.3 is 5.97 Å². The lowest BCUT2D eigenvalue weighted by molar-refractivity contribution is -0.121. The molecule has 0 spiro atoms. The molecular weight excluding hydrogens is 496 g/mol. The van der Waals surface area contributed by atoms with E-state index in [2.05, 4.69) is 10.3 Å². The van der Waals surface area contributed by atoms with Gasteiger partial charge in [-0.3, -0.25) is 9.59 Å². The molecule has 2 aromatic rings. The van der Waals surface area contributed by atoms with Gasteiger partial charge in [-0.25, -0.2) is 9.78 Å². The molecule has 0 radical (unpaired) electrons. The summed E-state index contributed by atoms with van der Waals surface area (Å²) in [7, 11) is 1.56. The summed E-state index contributed by atoms with van der Waals surface area (Å²) in [6, 6.07) is 7.14. The van der Waals surface area contributed by atoms with Gasteiger partial charge in [0, 0.05) is 41.5 Å². The number of carbonyl (C=O) groups excluding carboxylic acids is 2. The van der Waals surface area contributed by atoms with E-state index in [1.54, 1.807) is 32.2 Å². The van der Waals surface area contributed by atoms with Crippen molar-refractivity contribution < 1.29 is 29.0 Å². The highest BCUT2D eigenvalue weighted by atomic mass is 16.5. The van der Waals surface area contributed by atoms with Crippen LogP contribution in [0.4, 0.5) is 0 Å². The van der Waals surface area contributed by atoms with Crippen LogP contribution in [0.15, 0.2) is 46.9 Å². The minimum absolute atomic E-state index is 0.0242. The minimum Gasteiger partial charge on any atom is -0.496 e. The Hall–Kier alpha value is -3.94. The van der Waals surface area contributed by atoms with Crippen LogP contribution < -0.4 is 10.1 Å². The Morgan fingerprint density at radius 1 is 1.03 bits per heavy atom. The molecule has 0 saturated carbocycles. The van der Waals surface area contributed by atoms with E-state index in [0.717, 1.165) is 5.56 Å². The predicted octanol–water partition coefficient (Wildman–Crippen LogP) is 5.38. The highest BCUT2D eigenvalue weighted by Crippen LogP contribution is 2.53. The highest BCUT2D eigenvalue weighted by molar-refractivity contribution is 6.06. The molecule has 2 aliphatic heterocycles. The molecule has 8 nitrogen and oxygen atoms in total. The molecule has 3 heterocycles. The molecule has 0 bridgehead atoms. The second-order valence-electron chi connectivity index (χ2n) is 12.2. The van der Waals surface area contributed by atoms with Gasteiger partial charge in [-0.2, -0.15) is 0 Å². The summed E-state index contributed by atoms with van der Waals surface area (Å²) in [5.74, 6) is -0.407. The number of aryl methyl sites for hydroxylation is 1. The predicted molar refractivity (Wildman–Crippen MR) is 145 cm³/mol. The normalized spacial score (nSPS) is 21.6. The van der Waals surface area contributed by atoms with Gasteiger partial charge < -0.3 is 19.9 Å². The molecule has 204 valence electrons. The number of carbonyl (C=O) groups is 3. The van der Waals surface area contributed by atoms with Crippen LogP contribution in [0.1, 0.15) is 80.1 Å². The summed E-state index contributed by atoms with van der Waals surface area (Å²) in [6.07, 6.45) is 1.40. The van der Waals surface area contributed by atoms with E-state index in [4.69, 9.17) is 9.47 Å². The van der Waals surface area contributed by atoms with E-state index in [1.807, 2.05) is 40.7 Å². The zero-order chi connectivity index (χ0) is 28.4. The number of Topliss-reactive ketones (excluding diaryl/α,β-unsaturated/α-hetero) is 1. The van der Waals surface area contributed by atoms with Gasteiger partial charge in [-0.05, 0) is 62.4 Å². The molecule has 1 amide bonds. The zero-order valence-corrected chi connectivity index (χ0v) is 23.4. The van der Waals surface area contributed by atoms with E-state index in [9.17, 15) is 19.5 Å². The lowest BCUT2D eigenvalue weighted by Crippen LogP contribution is -2.50. The van der Waals surface area contributed by atoms with E-state index < -0.39 is 17.4 Å². The number of aromatic nitrogens is 1. The summed E-state index contributed by atoms with van der Waals surface area (Å²) in [5.41, 5.74) is 3.28. The summed E-state index contributed by atoms with van der Waals surface area (Å²) in [6.45, 7) is 11.6. The fourth-order valence-corrected chi connectivity index (χ4v) is 6.11. The van der Waals surface area contributed by atoms with Gasteiger partial charge in [0.2, 0.25) is 0 Å². The van der Waals surface area contributed by atoms with E-state index in [1.165, 1.54) is 0 Å². The van der Waals surface area contributed by atoms with Crippen molar-refractivity contribution in [3.8, 4) is 17.0 Å². The maximum Gasteiger partial charge on any atom is 0.354 e. The molecule has 8 heteroatoms. The van der Waals surface area contributed by atoms with Crippen LogP contribution >= 0.6 is 0 Å². The van der Waals surface area contributed by atoms with Gasteiger partial charge in [0.05, 0.1) is 24.3 Å². The van der Waals surface area contributed by atoms with E-state index in [-0.39, 0.29) is 22.8 Å². The first-order valence-corrected chi connectivity index (χ1v) is 13.1. The summed E-state index contributed by atoms with van der Waals surface area (Å²) < 4.78 is 12.2. The molecule has 0 saturated heterocycles.